The molecule has 4 rings (SSSR count). The second-order valence-corrected chi connectivity index (χ2v) is 7.39. The number of nitrogens with zero attached hydrogens (tertiary/aromatic N) is 2. The molecule has 0 fully saturated rings. The summed E-state index contributed by atoms with van der Waals surface area (Å²) in [5.41, 5.74) is 6.51. The van der Waals surface area contributed by atoms with Crippen LogP contribution in [-0.2, 0) is 0 Å². The Morgan fingerprint density at radius 3 is 2.72 bits per heavy atom. The highest BCUT2D eigenvalue weighted by atomic mass is 32.1. The van der Waals surface area contributed by atoms with Gasteiger partial charge in [0.1, 0.15) is 5.75 Å². The van der Waals surface area contributed by atoms with Crippen LogP contribution in [0.4, 0.5) is 0 Å². The fourth-order valence-electron chi connectivity index (χ4n) is 3.08. The molecule has 5 nitrogen and oxygen atoms in total. The van der Waals surface area contributed by atoms with E-state index in [-0.39, 0.29) is 5.91 Å². The standard InChI is InChI=1S/C23H19N3O2S/c1-15-11-12-29-22(15)14-24-26-23(27)18-13-20(17-8-4-6-10-21(17)28-2)25-19-9-5-3-7-16(18)19/h3-14H,1-2H3,(H,26,27)/b24-14-. The zero-order valence-electron chi connectivity index (χ0n) is 16.0. The van der Waals surface area contributed by atoms with Crippen LogP contribution in [-0.4, -0.2) is 24.2 Å². The predicted molar refractivity (Wildman–Crippen MR) is 118 cm³/mol. The smallest absolute Gasteiger partial charge is 0.272 e. The molecule has 0 aliphatic heterocycles. The molecule has 0 saturated carbocycles. The van der Waals surface area contributed by atoms with Crippen molar-refractivity contribution >= 4 is 34.4 Å². The third-order valence-corrected chi connectivity index (χ3v) is 5.55. The number of carbonyl (C=O) groups is 1. The van der Waals surface area contributed by atoms with Crippen molar-refractivity contribution in [2.45, 2.75) is 6.92 Å². The van der Waals surface area contributed by atoms with Crippen molar-refractivity contribution in [1.82, 2.24) is 10.4 Å². The molecular formula is C23H19N3O2S. The maximum absolute atomic E-state index is 12.9. The number of rotatable bonds is 5. The van der Waals surface area contributed by atoms with Gasteiger partial charge in [0.05, 0.1) is 30.1 Å². The molecule has 0 saturated heterocycles. The minimum atomic E-state index is -0.287. The number of amides is 1. The van der Waals surface area contributed by atoms with Crippen LogP contribution in [0.25, 0.3) is 22.2 Å². The molecule has 1 amide bonds. The lowest BCUT2D eigenvalue weighted by molar-refractivity contribution is 0.0956. The van der Waals surface area contributed by atoms with Crippen molar-refractivity contribution in [2.24, 2.45) is 5.10 Å². The molecule has 0 atom stereocenters. The monoisotopic (exact) mass is 401 g/mol. The average molecular weight is 401 g/mol. The highest BCUT2D eigenvalue weighted by Gasteiger charge is 2.15. The van der Waals surface area contributed by atoms with E-state index in [1.165, 1.54) is 0 Å². The minimum absolute atomic E-state index is 0.287. The number of para-hydroxylation sites is 2. The van der Waals surface area contributed by atoms with E-state index in [1.807, 2.05) is 66.9 Å². The first-order chi connectivity index (χ1) is 14.2. The molecule has 6 heteroatoms. The first-order valence-corrected chi connectivity index (χ1v) is 9.96. The summed E-state index contributed by atoms with van der Waals surface area (Å²) in [5.74, 6) is 0.415. The fraction of sp³-hybridized carbons (Fsp3) is 0.0870. The highest BCUT2D eigenvalue weighted by molar-refractivity contribution is 7.11. The maximum Gasteiger partial charge on any atom is 0.272 e. The van der Waals surface area contributed by atoms with Crippen LogP contribution < -0.4 is 10.2 Å². The van der Waals surface area contributed by atoms with E-state index in [0.29, 0.717) is 17.0 Å². The summed E-state index contributed by atoms with van der Waals surface area (Å²) >= 11 is 1.58. The molecule has 2 aromatic heterocycles. The van der Waals surface area contributed by atoms with E-state index in [4.69, 9.17) is 9.72 Å². The van der Waals surface area contributed by atoms with Crippen molar-refractivity contribution in [3.63, 3.8) is 0 Å². The van der Waals surface area contributed by atoms with E-state index in [9.17, 15) is 4.79 Å². The molecule has 0 spiro atoms. The van der Waals surface area contributed by atoms with Crippen LogP contribution >= 0.6 is 11.3 Å². The molecule has 2 heterocycles. The van der Waals surface area contributed by atoms with E-state index in [1.54, 1.807) is 30.7 Å². The van der Waals surface area contributed by atoms with Crippen LogP contribution in [0.2, 0.25) is 0 Å². The van der Waals surface area contributed by atoms with Gasteiger partial charge in [0.15, 0.2) is 0 Å². The van der Waals surface area contributed by atoms with E-state index in [2.05, 4.69) is 10.5 Å². The zero-order valence-corrected chi connectivity index (χ0v) is 16.9. The van der Waals surface area contributed by atoms with Gasteiger partial charge in [-0.25, -0.2) is 10.4 Å². The van der Waals surface area contributed by atoms with Crippen LogP contribution in [0.3, 0.4) is 0 Å². The number of thiophene rings is 1. The van der Waals surface area contributed by atoms with E-state index < -0.39 is 0 Å². The minimum Gasteiger partial charge on any atom is -0.496 e. The Morgan fingerprint density at radius 1 is 1.14 bits per heavy atom. The number of ether oxygens (including phenoxy) is 1. The van der Waals surface area contributed by atoms with Crippen molar-refractivity contribution < 1.29 is 9.53 Å². The zero-order chi connectivity index (χ0) is 20.2. The van der Waals surface area contributed by atoms with Gasteiger partial charge >= 0.3 is 0 Å². The van der Waals surface area contributed by atoms with Crippen LogP contribution in [0, 0.1) is 6.92 Å². The summed E-state index contributed by atoms with van der Waals surface area (Å²) in [6.45, 7) is 2.01. The largest absolute Gasteiger partial charge is 0.496 e. The van der Waals surface area contributed by atoms with Gasteiger partial charge in [0.2, 0.25) is 0 Å². The number of hydrogen-bond donors (Lipinski definition) is 1. The van der Waals surface area contributed by atoms with Crippen molar-refractivity contribution in [1.29, 1.82) is 0 Å². The SMILES string of the molecule is COc1ccccc1-c1cc(C(=O)N/N=C\c2sccc2C)c2ccccc2n1. The topological polar surface area (TPSA) is 63.6 Å². The summed E-state index contributed by atoms with van der Waals surface area (Å²) in [7, 11) is 1.62. The van der Waals surface area contributed by atoms with Crippen LogP contribution in [0.1, 0.15) is 20.8 Å². The van der Waals surface area contributed by atoms with E-state index >= 15 is 0 Å². The Labute approximate surface area is 172 Å². The normalized spacial score (nSPS) is 11.1. The molecule has 0 aliphatic rings. The van der Waals surface area contributed by atoms with Crippen LogP contribution in [0.5, 0.6) is 5.75 Å². The van der Waals surface area contributed by atoms with Gasteiger partial charge in [-0.05, 0) is 48.2 Å². The highest BCUT2D eigenvalue weighted by Crippen LogP contribution is 2.31. The fourth-order valence-corrected chi connectivity index (χ4v) is 3.87. The second kappa shape index (κ2) is 8.24. The number of hydrogen-bond acceptors (Lipinski definition) is 5. The van der Waals surface area contributed by atoms with Gasteiger partial charge in [-0.3, -0.25) is 4.79 Å². The summed E-state index contributed by atoms with van der Waals surface area (Å²) in [4.78, 5) is 18.7. The third kappa shape index (κ3) is 3.88. The van der Waals surface area contributed by atoms with E-state index in [0.717, 1.165) is 26.9 Å². The van der Waals surface area contributed by atoms with Crippen molar-refractivity contribution in [2.75, 3.05) is 7.11 Å². The summed E-state index contributed by atoms with van der Waals surface area (Å²) in [6, 6.07) is 19.0. The number of methoxy groups -OCH3 is 1. The molecule has 1 N–H and O–H groups in total. The lowest BCUT2D eigenvalue weighted by Crippen LogP contribution is -2.18. The predicted octanol–water partition coefficient (Wildman–Crippen LogP) is 5.04. The number of aromatic nitrogens is 1. The average Bonchev–Trinajstić information content (AvgIpc) is 3.17. The maximum atomic E-state index is 12.9. The molecule has 0 aliphatic carbocycles. The Bertz CT molecular complexity index is 1210. The first kappa shape index (κ1) is 18.8. The summed E-state index contributed by atoms with van der Waals surface area (Å²) in [5, 5.41) is 6.90. The molecule has 29 heavy (non-hydrogen) atoms. The van der Waals surface area contributed by atoms with Gasteiger partial charge in [-0.1, -0.05) is 30.3 Å². The Morgan fingerprint density at radius 2 is 1.93 bits per heavy atom. The molecule has 4 aromatic rings. The van der Waals surface area contributed by atoms with Gasteiger partial charge in [-0.15, -0.1) is 11.3 Å². The molecule has 0 bridgehead atoms. The number of fused-ring (bicyclic) bond motifs is 1. The Balaban J connectivity index is 1.74. The first-order valence-electron chi connectivity index (χ1n) is 9.08. The number of nitrogens with one attached hydrogen (secondary N) is 1. The lowest BCUT2D eigenvalue weighted by Gasteiger charge is -2.11. The lowest BCUT2D eigenvalue weighted by atomic mass is 10.0. The summed E-state index contributed by atoms with van der Waals surface area (Å²) in [6.07, 6.45) is 1.67. The molecule has 144 valence electrons. The Kier molecular flexibility index (Phi) is 5.35. The quantitative estimate of drug-likeness (QED) is 0.376. The summed E-state index contributed by atoms with van der Waals surface area (Å²) < 4.78 is 5.47. The van der Waals surface area contributed by atoms with Gasteiger partial charge in [0.25, 0.3) is 5.91 Å². The molecular weight excluding hydrogens is 382 g/mol. The van der Waals surface area contributed by atoms with Crippen LogP contribution in [0.15, 0.2) is 71.1 Å². The van der Waals surface area contributed by atoms with Gasteiger partial charge in [0, 0.05) is 15.8 Å². The number of pyridine rings is 1. The number of carbonyl (C=O) groups excluding carboxylic acids is 1. The van der Waals surface area contributed by atoms with Gasteiger partial charge < -0.3 is 4.74 Å². The molecule has 0 unspecified atom stereocenters. The third-order valence-electron chi connectivity index (χ3n) is 4.59. The van der Waals surface area contributed by atoms with Crippen molar-refractivity contribution in [3.8, 4) is 17.0 Å². The number of hydrazone groups is 1. The number of benzene rings is 2. The molecule has 2 aromatic carbocycles. The van der Waals surface area contributed by atoms with Crippen molar-refractivity contribution in [3.05, 3.63) is 82.0 Å². The second-order valence-electron chi connectivity index (χ2n) is 6.44. The van der Waals surface area contributed by atoms with Gasteiger partial charge in [-0.2, -0.15) is 5.10 Å². The molecule has 0 radical (unpaired) electrons. The number of aryl methyl sites for hydroxylation is 1. The Hall–Kier alpha value is -3.51.